The zero-order valence-electron chi connectivity index (χ0n) is 11.2. The molecule has 102 valence electrons. The molecule has 2 N–H and O–H groups in total. The minimum Gasteiger partial charge on any atom is -0.396 e. The fourth-order valence-electron chi connectivity index (χ4n) is 2.68. The molecule has 1 aromatic heterocycles. The molecular formula is C13H22BrN3O. The van der Waals surface area contributed by atoms with Crippen molar-refractivity contribution in [3.8, 4) is 0 Å². The number of hydrogen-bond donors (Lipinski definition) is 2. The third kappa shape index (κ3) is 2.49. The van der Waals surface area contributed by atoms with Gasteiger partial charge in [-0.3, -0.25) is 4.68 Å². The molecule has 1 aromatic rings. The van der Waals surface area contributed by atoms with E-state index in [1.54, 1.807) is 0 Å². The molecule has 0 aromatic carbocycles. The van der Waals surface area contributed by atoms with Gasteiger partial charge in [0.05, 0.1) is 22.5 Å². The SMILES string of the molecule is CCc1nn(CC)c(CC2(CO)CCNC2)c1Br. The van der Waals surface area contributed by atoms with Crippen LogP contribution in [0.15, 0.2) is 4.47 Å². The fraction of sp³-hybridized carbons (Fsp3) is 0.769. The van der Waals surface area contributed by atoms with Gasteiger partial charge in [0.25, 0.3) is 0 Å². The molecule has 2 heterocycles. The van der Waals surface area contributed by atoms with Crippen LogP contribution in [0.4, 0.5) is 0 Å². The Morgan fingerprint density at radius 1 is 1.50 bits per heavy atom. The van der Waals surface area contributed by atoms with Crippen molar-refractivity contribution in [2.75, 3.05) is 19.7 Å². The average Bonchev–Trinajstić information content (AvgIpc) is 2.97. The highest BCUT2D eigenvalue weighted by Gasteiger charge is 2.35. The standard InChI is InChI=1S/C13H22BrN3O/c1-3-10-12(14)11(17(4-2)16-10)7-13(9-18)5-6-15-8-13/h15,18H,3-9H2,1-2H3. The van der Waals surface area contributed by atoms with Gasteiger partial charge in [0, 0.05) is 18.5 Å². The molecule has 4 nitrogen and oxygen atoms in total. The lowest BCUT2D eigenvalue weighted by Gasteiger charge is -2.26. The van der Waals surface area contributed by atoms with Crippen molar-refractivity contribution >= 4 is 15.9 Å². The van der Waals surface area contributed by atoms with E-state index in [0.717, 1.165) is 49.1 Å². The first-order chi connectivity index (χ1) is 8.65. The van der Waals surface area contributed by atoms with Crippen molar-refractivity contribution in [3.63, 3.8) is 0 Å². The second-order valence-electron chi connectivity index (χ2n) is 5.14. The normalized spacial score (nSPS) is 23.8. The van der Waals surface area contributed by atoms with Crippen LogP contribution in [0.5, 0.6) is 0 Å². The first-order valence-corrected chi connectivity index (χ1v) is 7.50. The van der Waals surface area contributed by atoms with Crippen LogP contribution in [0.25, 0.3) is 0 Å². The number of halogens is 1. The largest absolute Gasteiger partial charge is 0.396 e. The van der Waals surface area contributed by atoms with Crippen molar-refractivity contribution < 1.29 is 5.11 Å². The van der Waals surface area contributed by atoms with Crippen molar-refractivity contribution in [1.82, 2.24) is 15.1 Å². The Hall–Kier alpha value is -0.390. The van der Waals surface area contributed by atoms with Crippen LogP contribution in [0.2, 0.25) is 0 Å². The predicted octanol–water partition coefficient (Wildman–Crippen LogP) is 1.74. The van der Waals surface area contributed by atoms with Crippen molar-refractivity contribution in [2.24, 2.45) is 5.41 Å². The number of nitrogens with one attached hydrogen (secondary N) is 1. The van der Waals surface area contributed by atoms with E-state index < -0.39 is 0 Å². The van der Waals surface area contributed by atoms with Crippen molar-refractivity contribution in [3.05, 3.63) is 15.9 Å². The van der Waals surface area contributed by atoms with Crippen LogP contribution in [0.1, 0.15) is 31.7 Å². The van der Waals surface area contributed by atoms with Crippen LogP contribution < -0.4 is 5.32 Å². The Morgan fingerprint density at radius 3 is 2.78 bits per heavy atom. The number of aromatic nitrogens is 2. The van der Waals surface area contributed by atoms with Crippen LogP contribution >= 0.6 is 15.9 Å². The summed E-state index contributed by atoms with van der Waals surface area (Å²) in [6.07, 6.45) is 2.86. The lowest BCUT2D eigenvalue weighted by Crippen LogP contribution is -2.31. The third-order valence-electron chi connectivity index (χ3n) is 3.90. The maximum Gasteiger partial charge on any atom is 0.0766 e. The molecule has 1 saturated heterocycles. The first-order valence-electron chi connectivity index (χ1n) is 6.71. The molecule has 1 atom stereocenters. The van der Waals surface area contributed by atoms with Crippen LogP contribution in [-0.4, -0.2) is 34.6 Å². The average molecular weight is 316 g/mol. The molecule has 1 aliphatic rings. The van der Waals surface area contributed by atoms with Gasteiger partial charge in [-0.15, -0.1) is 0 Å². The van der Waals surface area contributed by atoms with Gasteiger partial charge in [-0.2, -0.15) is 5.10 Å². The topological polar surface area (TPSA) is 50.1 Å². The monoisotopic (exact) mass is 315 g/mol. The highest BCUT2D eigenvalue weighted by atomic mass is 79.9. The number of nitrogens with zero attached hydrogens (tertiary/aromatic N) is 2. The molecule has 1 unspecified atom stereocenters. The summed E-state index contributed by atoms with van der Waals surface area (Å²) in [6, 6.07) is 0. The summed E-state index contributed by atoms with van der Waals surface area (Å²) in [5.74, 6) is 0. The summed E-state index contributed by atoms with van der Waals surface area (Å²) in [6.45, 7) is 7.24. The molecule has 5 heteroatoms. The molecule has 1 fully saturated rings. The minimum atomic E-state index is -0.0134. The maximum atomic E-state index is 9.71. The van der Waals surface area contributed by atoms with Crippen molar-refractivity contribution in [2.45, 2.75) is 39.7 Å². The second-order valence-corrected chi connectivity index (χ2v) is 5.93. The number of rotatable bonds is 5. The zero-order valence-corrected chi connectivity index (χ0v) is 12.8. The van der Waals surface area contributed by atoms with Gasteiger partial charge in [0.2, 0.25) is 0 Å². The molecule has 0 spiro atoms. The van der Waals surface area contributed by atoms with Gasteiger partial charge in [0.15, 0.2) is 0 Å². The Kier molecular flexibility index (Phi) is 4.45. The van der Waals surface area contributed by atoms with E-state index in [0.29, 0.717) is 0 Å². The molecular weight excluding hydrogens is 294 g/mol. The Balaban J connectivity index is 2.29. The van der Waals surface area contributed by atoms with Gasteiger partial charge in [-0.25, -0.2) is 0 Å². The number of hydrogen-bond acceptors (Lipinski definition) is 3. The quantitative estimate of drug-likeness (QED) is 0.870. The number of aliphatic hydroxyl groups excluding tert-OH is 1. The third-order valence-corrected chi connectivity index (χ3v) is 4.82. The van der Waals surface area contributed by atoms with Gasteiger partial charge in [-0.05, 0) is 48.7 Å². The van der Waals surface area contributed by atoms with Crippen LogP contribution in [0, 0.1) is 5.41 Å². The Morgan fingerprint density at radius 2 is 2.28 bits per heavy atom. The van der Waals surface area contributed by atoms with E-state index >= 15 is 0 Å². The molecule has 2 rings (SSSR count). The van der Waals surface area contributed by atoms with Gasteiger partial charge < -0.3 is 10.4 Å². The smallest absolute Gasteiger partial charge is 0.0766 e. The first kappa shape index (κ1) is 14.0. The molecule has 0 radical (unpaired) electrons. The Labute approximate surface area is 117 Å². The summed E-state index contributed by atoms with van der Waals surface area (Å²) >= 11 is 3.68. The van der Waals surface area contributed by atoms with E-state index in [2.05, 4.69) is 44.9 Å². The van der Waals surface area contributed by atoms with Crippen LogP contribution in [-0.2, 0) is 19.4 Å². The van der Waals surface area contributed by atoms with Gasteiger partial charge in [-0.1, -0.05) is 6.92 Å². The van der Waals surface area contributed by atoms with E-state index in [-0.39, 0.29) is 12.0 Å². The van der Waals surface area contributed by atoms with E-state index in [1.807, 2.05) is 0 Å². The molecule has 18 heavy (non-hydrogen) atoms. The summed E-state index contributed by atoms with van der Waals surface area (Å²) in [4.78, 5) is 0. The maximum absolute atomic E-state index is 9.71. The highest BCUT2D eigenvalue weighted by Crippen LogP contribution is 2.33. The second kappa shape index (κ2) is 5.72. The van der Waals surface area contributed by atoms with E-state index in [4.69, 9.17) is 0 Å². The highest BCUT2D eigenvalue weighted by molar-refractivity contribution is 9.10. The van der Waals surface area contributed by atoms with Crippen molar-refractivity contribution in [1.29, 1.82) is 0 Å². The number of aryl methyl sites for hydroxylation is 2. The van der Waals surface area contributed by atoms with Gasteiger partial charge in [0.1, 0.15) is 0 Å². The van der Waals surface area contributed by atoms with Crippen LogP contribution in [0.3, 0.4) is 0 Å². The summed E-state index contributed by atoms with van der Waals surface area (Å²) in [7, 11) is 0. The minimum absolute atomic E-state index is 0.0134. The molecule has 0 amide bonds. The van der Waals surface area contributed by atoms with E-state index in [9.17, 15) is 5.11 Å². The lowest BCUT2D eigenvalue weighted by molar-refractivity contribution is 0.140. The molecule has 0 bridgehead atoms. The summed E-state index contributed by atoms with van der Waals surface area (Å²) < 4.78 is 3.20. The van der Waals surface area contributed by atoms with Gasteiger partial charge >= 0.3 is 0 Å². The van der Waals surface area contributed by atoms with E-state index in [1.165, 1.54) is 5.69 Å². The molecule has 0 saturated carbocycles. The zero-order chi connectivity index (χ0) is 13.2. The summed E-state index contributed by atoms with van der Waals surface area (Å²) in [5.41, 5.74) is 2.33. The fourth-order valence-corrected chi connectivity index (χ4v) is 3.38. The number of aliphatic hydroxyl groups is 1. The molecule has 1 aliphatic heterocycles. The Bertz CT molecular complexity index is 411. The lowest BCUT2D eigenvalue weighted by atomic mass is 9.83. The molecule has 0 aliphatic carbocycles. The predicted molar refractivity (Wildman–Crippen MR) is 75.7 cm³/mol. The summed E-state index contributed by atoms with van der Waals surface area (Å²) in [5, 5.41) is 17.7.